The summed E-state index contributed by atoms with van der Waals surface area (Å²) in [7, 11) is -2.25. The zero-order valence-electron chi connectivity index (χ0n) is 27.6. The first kappa shape index (κ1) is 32.0. The molecule has 4 unspecified atom stereocenters. The Hall–Kier alpha value is -2.95. The van der Waals surface area contributed by atoms with Crippen molar-refractivity contribution in [2.75, 3.05) is 12.4 Å². The number of nitrogens with zero attached hydrogens (tertiary/aromatic N) is 3. The van der Waals surface area contributed by atoms with Crippen LogP contribution in [0, 0.1) is 17.2 Å². The van der Waals surface area contributed by atoms with Crippen LogP contribution >= 0.6 is 0 Å². The summed E-state index contributed by atoms with van der Waals surface area (Å²) in [6.45, 7) is 13.1. The van der Waals surface area contributed by atoms with Gasteiger partial charge in [-0.2, -0.15) is 9.40 Å². The molecule has 1 aromatic heterocycles. The van der Waals surface area contributed by atoms with E-state index in [0.29, 0.717) is 35.6 Å². The average molecular weight is 639 g/mol. The lowest BCUT2D eigenvalue weighted by Crippen LogP contribution is -2.28. The fraction of sp³-hybridized carbons (Fsp3) is 0.571. The highest BCUT2D eigenvalue weighted by Crippen LogP contribution is 2.46. The number of sulfonamides is 1. The van der Waals surface area contributed by atoms with Gasteiger partial charge in [0.2, 0.25) is 10.0 Å². The standard InChI is InChI=1S/C35H47FN4O4S/c1-34(2,3)31-17-15-29(44-31)24-11-10-23(18-24)28-19-32(40(38-28)35(4,5)6)37-27-14-16-30-26(33(27)36)21-39(45(30,41)42)20-22-8-12-25(43-7)13-9-22/h8-9,12-14,16,19,23-24,29,31,37H,10-11,15,17-18,20-21H2,1-7H3. The minimum absolute atomic E-state index is 0.0175. The number of fused-ring (bicyclic) bond motifs is 1. The van der Waals surface area contributed by atoms with Crippen molar-refractivity contribution in [3.63, 3.8) is 0 Å². The van der Waals surface area contributed by atoms with Crippen LogP contribution in [0.4, 0.5) is 15.9 Å². The zero-order chi connectivity index (χ0) is 32.3. The number of hydrogen-bond acceptors (Lipinski definition) is 6. The van der Waals surface area contributed by atoms with Crippen molar-refractivity contribution in [2.24, 2.45) is 11.3 Å². The fourth-order valence-corrected chi connectivity index (χ4v) is 8.77. The van der Waals surface area contributed by atoms with E-state index in [1.54, 1.807) is 19.2 Å². The predicted molar refractivity (Wildman–Crippen MR) is 174 cm³/mol. The molecule has 6 rings (SSSR count). The molecule has 244 valence electrons. The van der Waals surface area contributed by atoms with E-state index < -0.39 is 15.8 Å². The Balaban J connectivity index is 1.20. The first-order valence-corrected chi connectivity index (χ1v) is 17.6. The van der Waals surface area contributed by atoms with Crippen molar-refractivity contribution in [1.82, 2.24) is 14.1 Å². The minimum atomic E-state index is -3.83. The smallest absolute Gasteiger partial charge is 0.244 e. The first-order valence-electron chi connectivity index (χ1n) is 16.1. The van der Waals surface area contributed by atoms with Crippen molar-refractivity contribution in [3.8, 4) is 5.75 Å². The van der Waals surface area contributed by atoms with Crippen molar-refractivity contribution in [2.45, 2.75) is 115 Å². The van der Waals surface area contributed by atoms with E-state index in [4.69, 9.17) is 14.6 Å². The Morgan fingerprint density at radius 2 is 1.76 bits per heavy atom. The van der Waals surface area contributed by atoms with Crippen LogP contribution in [0.1, 0.15) is 96.4 Å². The monoisotopic (exact) mass is 638 g/mol. The number of nitrogens with one attached hydrogen (secondary N) is 1. The van der Waals surface area contributed by atoms with Crippen LogP contribution in [0.5, 0.6) is 5.75 Å². The van der Waals surface area contributed by atoms with Gasteiger partial charge in [0.1, 0.15) is 11.6 Å². The summed E-state index contributed by atoms with van der Waals surface area (Å²) >= 11 is 0. The van der Waals surface area contributed by atoms with Crippen LogP contribution in [0.3, 0.4) is 0 Å². The van der Waals surface area contributed by atoms with Gasteiger partial charge < -0.3 is 14.8 Å². The summed E-state index contributed by atoms with van der Waals surface area (Å²) in [5.41, 5.74) is 2.04. The number of halogens is 1. The summed E-state index contributed by atoms with van der Waals surface area (Å²) in [6, 6.07) is 12.3. The van der Waals surface area contributed by atoms with Crippen LogP contribution in [0.2, 0.25) is 0 Å². The number of aromatic nitrogens is 2. The molecule has 0 radical (unpaired) electrons. The second kappa shape index (κ2) is 11.7. The lowest BCUT2D eigenvalue weighted by atomic mass is 9.87. The van der Waals surface area contributed by atoms with Gasteiger partial charge in [-0.25, -0.2) is 17.5 Å². The highest BCUT2D eigenvalue weighted by atomic mass is 32.2. The molecule has 3 heterocycles. The Morgan fingerprint density at radius 3 is 2.40 bits per heavy atom. The average Bonchev–Trinajstić information content (AvgIpc) is 3.76. The molecular weight excluding hydrogens is 591 g/mol. The topological polar surface area (TPSA) is 85.7 Å². The molecule has 0 amide bonds. The molecule has 2 aromatic carbocycles. The number of methoxy groups -OCH3 is 1. The Bertz CT molecular complexity index is 1660. The molecule has 3 aliphatic rings. The largest absolute Gasteiger partial charge is 0.497 e. The van der Waals surface area contributed by atoms with E-state index >= 15 is 4.39 Å². The van der Waals surface area contributed by atoms with Gasteiger partial charge in [-0.05, 0) is 94.0 Å². The van der Waals surface area contributed by atoms with Crippen LogP contribution in [0.25, 0.3) is 0 Å². The van der Waals surface area contributed by atoms with Gasteiger partial charge in [0, 0.05) is 30.6 Å². The van der Waals surface area contributed by atoms with E-state index in [1.807, 2.05) is 22.9 Å². The van der Waals surface area contributed by atoms with Crippen molar-refractivity contribution < 1.29 is 22.3 Å². The number of benzene rings is 2. The molecule has 0 bridgehead atoms. The lowest BCUT2D eigenvalue weighted by Gasteiger charge is -2.28. The van der Waals surface area contributed by atoms with Crippen molar-refractivity contribution in [3.05, 3.63) is 65.1 Å². The highest BCUT2D eigenvalue weighted by Gasteiger charge is 2.41. The SMILES string of the molecule is COc1ccc(CN2Cc3c(ccc(Nc4cc(C5CCC(C6CCC(C(C)(C)C)O6)C5)nn4C(C)(C)C)c3F)S2(=O)=O)cc1. The third kappa shape index (κ3) is 6.25. The quantitative estimate of drug-likeness (QED) is 0.285. The predicted octanol–water partition coefficient (Wildman–Crippen LogP) is 7.71. The number of rotatable bonds is 7. The molecule has 1 aliphatic carbocycles. The van der Waals surface area contributed by atoms with Gasteiger partial charge in [0.05, 0.1) is 41.1 Å². The summed E-state index contributed by atoms with van der Waals surface area (Å²) in [6.07, 6.45) is 6.07. The van der Waals surface area contributed by atoms with Gasteiger partial charge in [-0.15, -0.1) is 0 Å². The van der Waals surface area contributed by atoms with E-state index in [9.17, 15) is 8.42 Å². The molecule has 3 aromatic rings. The minimum Gasteiger partial charge on any atom is -0.497 e. The van der Waals surface area contributed by atoms with Gasteiger partial charge in [0.25, 0.3) is 0 Å². The van der Waals surface area contributed by atoms with Crippen molar-refractivity contribution in [1.29, 1.82) is 0 Å². The number of anilines is 2. The molecule has 0 spiro atoms. The zero-order valence-corrected chi connectivity index (χ0v) is 28.4. The third-order valence-electron chi connectivity index (χ3n) is 9.73. The molecule has 1 saturated carbocycles. The van der Waals surface area contributed by atoms with E-state index in [-0.39, 0.29) is 40.2 Å². The van der Waals surface area contributed by atoms with Crippen LogP contribution in [-0.2, 0) is 33.4 Å². The molecule has 2 aliphatic heterocycles. The molecule has 45 heavy (non-hydrogen) atoms. The second-order valence-corrected chi connectivity index (χ2v) is 17.0. The van der Waals surface area contributed by atoms with Gasteiger partial charge in [0.15, 0.2) is 5.82 Å². The maximum atomic E-state index is 16.1. The van der Waals surface area contributed by atoms with E-state index in [2.05, 4.69) is 46.9 Å². The number of ether oxygens (including phenoxy) is 2. The van der Waals surface area contributed by atoms with Crippen LogP contribution in [-0.4, -0.2) is 41.8 Å². The molecule has 8 nitrogen and oxygen atoms in total. The Labute approximate surface area is 267 Å². The molecule has 10 heteroatoms. The highest BCUT2D eigenvalue weighted by molar-refractivity contribution is 7.89. The molecule has 1 saturated heterocycles. The fourth-order valence-electron chi connectivity index (χ4n) is 7.17. The maximum Gasteiger partial charge on any atom is 0.244 e. The van der Waals surface area contributed by atoms with Gasteiger partial charge in [-0.3, -0.25) is 0 Å². The normalized spacial score (nSPS) is 25.1. The van der Waals surface area contributed by atoms with Crippen LogP contribution < -0.4 is 10.1 Å². The number of hydrogen-bond donors (Lipinski definition) is 1. The third-order valence-corrected chi connectivity index (χ3v) is 11.6. The van der Waals surface area contributed by atoms with Crippen LogP contribution in [0.15, 0.2) is 47.4 Å². The summed E-state index contributed by atoms with van der Waals surface area (Å²) in [4.78, 5) is 0.0175. The summed E-state index contributed by atoms with van der Waals surface area (Å²) in [5, 5.41) is 8.34. The first-order chi connectivity index (χ1) is 21.1. The summed E-state index contributed by atoms with van der Waals surface area (Å²) in [5.74, 6) is 1.67. The van der Waals surface area contributed by atoms with E-state index in [0.717, 1.165) is 43.4 Å². The van der Waals surface area contributed by atoms with Gasteiger partial charge >= 0.3 is 0 Å². The maximum absolute atomic E-state index is 16.1. The van der Waals surface area contributed by atoms with Gasteiger partial charge in [-0.1, -0.05) is 32.9 Å². The molecule has 1 N–H and O–H groups in total. The lowest BCUT2D eigenvalue weighted by molar-refractivity contribution is -0.0375. The Kier molecular flexibility index (Phi) is 8.32. The summed E-state index contributed by atoms with van der Waals surface area (Å²) < 4.78 is 57.8. The second-order valence-electron chi connectivity index (χ2n) is 15.1. The van der Waals surface area contributed by atoms with E-state index in [1.165, 1.54) is 16.4 Å². The molecular formula is C35H47FN4O4S. The Morgan fingerprint density at radius 1 is 1.02 bits per heavy atom. The molecule has 2 fully saturated rings. The van der Waals surface area contributed by atoms with Crippen molar-refractivity contribution >= 4 is 21.5 Å². The molecule has 4 atom stereocenters.